The summed E-state index contributed by atoms with van der Waals surface area (Å²) in [5, 5.41) is 0. The van der Waals surface area contributed by atoms with Gasteiger partial charge in [-0.2, -0.15) is 0 Å². The van der Waals surface area contributed by atoms with Crippen molar-refractivity contribution in [2.75, 3.05) is 13.2 Å². The van der Waals surface area contributed by atoms with E-state index in [1.165, 1.54) is 0 Å². The number of rotatable bonds is 0. The molecule has 0 aromatic heterocycles. The lowest BCUT2D eigenvalue weighted by molar-refractivity contribution is 0.131. The molecule has 5 heteroatoms. The van der Waals surface area contributed by atoms with Crippen molar-refractivity contribution < 1.29 is 14.3 Å². The molecule has 0 N–H and O–H groups in total. The van der Waals surface area contributed by atoms with Gasteiger partial charge in [0.15, 0.2) is 0 Å². The van der Waals surface area contributed by atoms with E-state index < -0.39 is 6.16 Å². The van der Waals surface area contributed by atoms with Crippen molar-refractivity contribution in [1.82, 2.24) is 0 Å². The van der Waals surface area contributed by atoms with Gasteiger partial charge in [-0.15, -0.1) is 0 Å². The minimum absolute atomic E-state index is 0.416. The molecule has 3 nitrogen and oxygen atoms in total. The molecular formula is C3H4I2O3. The first-order chi connectivity index (χ1) is 3.89. The first-order valence-corrected chi connectivity index (χ1v) is 8.12. The lowest BCUT2D eigenvalue weighted by Gasteiger charge is -1.78. The molecule has 48 valence electrons. The fourth-order valence-corrected chi connectivity index (χ4v) is 0.292. The van der Waals surface area contributed by atoms with Crippen LogP contribution in [0.5, 0.6) is 0 Å². The van der Waals surface area contributed by atoms with Crippen LogP contribution in [-0.2, 0) is 9.47 Å². The summed E-state index contributed by atoms with van der Waals surface area (Å²) in [6.45, 7) is 0.831. The van der Waals surface area contributed by atoms with Crippen LogP contribution in [0.2, 0.25) is 0 Å². The maximum Gasteiger partial charge on any atom is 0.508 e. The topological polar surface area (TPSA) is 35.5 Å². The SMILES string of the molecule is II.O=C1OCCO1. The van der Waals surface area contributed by atoms with Crippen molar-refractivity contribution in [2.24, 2.45) is 0 Å². The molecule has 1 fully saturated rings. The molecule has 0 bridgehead atoms. The number of halogens is 2. The average Bonchev–Trinajstić information content (AvgIpc) is 2.24. The fourth-order valence-electron chi connectivity index (χ4n) is 0.292. The van der Waals surface area contributed by atoms with Crippen LogP contribution < -0.4 is 0 Å². The Kier molecular flexibility index (Phi) is 6.39. The second kappa shape index (κ2) is 5.86. The zero-order chi connectivity index (χ0) is 6.41. The predicted molar refractivity (Wildman–Crippen MR) is 45.3 cm³/mol. The molecule has 1 aliphatic rings. The molecular weight excluding hydrogens is 338 g/mol. The quantitative estimate of drug-likeness (QED) is 0.499. The van der Waals surface area contributed by atoms with Crippen LogP contribution in [0.4, 0.5) is 4.79 Å². The van der Waals surface area contributed by atoms with Crippen molar-refractivity contribution >= 4 is 43.4 Å². The van der Waals surface area contributed by atoms with Crippen molar-refractivity contribution in [1.29, 1.82) is 0 Å². The molecule has 0 atom stereocenters. The Hall–Kier alpha value is 0.730. The van der Waals surface area contributed by atoms with Gasteiger partial charge >= 0.3 is 6.16 Å². The molecule has 0 aromatic carbocycles. The number of ether oxygens (including phenoxy) is 2. The predicted octanol–water partition coefficient (Wildman–Crippen LogP) is 1.92. The lowest BCUT2D eigenvalue weighted by atomic mass is 10.8. The van der Waals surface area contributed by atoms with E-state index in [0.717, 1.165) is 0 Å². The number of hydrogen-bond donors (Lipinski definition) is 0. The third-order valence-corrected chi connectivity index (χ3v) is 0.523. The maximum atomic E-state index is 9.80. The Morgan fingerprint density at radius 2 is 1.62 bits per heavy atom. The molecule has 1 rings (SSSR count). The second-order valence-electron chi connectivity index (χ2n) is 0.947. The highest BCUT2D eigenvalue weighted by Gasteiger charge is 2.09. The first-order valence-electron chi connectivity index (χ1n) is 1.83. The van der Waals surface area contributed by atoms with Crippen LogP contribution in [0.15, 0.2) is 0 Å². The summed E-state index contributed by atoms with van der Waals surface area (Å²) >= 11 is 4.24. The van der Waals surface area contributed by atoms with Crippen LogP contribution in [-0.4, -0.2) is 19.4 Å². The summed E-state index contributed by atoms with van der Waals surface area (Å²) in [5.74, 6) is 0. The third kappa shape index (κ3) is 3.70. The van der Waals surface area contributed by atoms with Gasteiger partial charge in [0.2, 0.25) is 0 Å². The van der Waals surface area contributed by atoms with Gasteiger partial charge in [0.1, 0.15) is 13.2 Å². The largest absolute Gasteiger partial charge is 0.508 e. The molecule has 0 radical (unpaired) electrons. The van der Waals surface area contributed by atoms with E-state index in [-0.39, 0.29) is 0 Å². The standard InChI is InChI=1S/C3H4O3.I2/c4-3-5-1-2-6-3;1-2/h1-2H2;. The molecule has 0 aliphatic carbocycles. The zero-order valence-electron chi connectivity index (χ0n) is 3.89. The van der Waals surface area contributed by atoms with Gasteiger partial charge < -0.3 is 9.47 Å². The third-order valence-electron chi connectivity index (χ3n) is 0.523. The van der Waals surface area contributed by atoms with Gasteiger partial charge in [-0.05, 0) is 0 Å². The average molecular weight is 342 g/mol. The summed E-state index contributed by atoms with van der Waals surface area (Å²) in [5.41, 5.74) is 0. The molecule has 0 amide bonds. The Bertz CT molecular complexity index is 66.9. The maximum absolute atomic E-state index is 9.80. The van der Waals surface area contributed by atoms with Gasteiger partial charge in [-0.3, -0.25) is 0 Å². The normalized spacial score (nSPS) is 15.5. The highest BCUT2D eigenvalue weighted by Crippen LogP contribution is 1.92. The molecule has 1 saturated heterocycles. The summed E-state index contributed by atoms with van der Waals surface area (Å²) in [7, 11) is 0. The van der Waals surface area contributed by atoms with Gasteiger partial charge in [0.05, 0.1) is 0 Å². The smallest absolute Gasteiger partial charge is 0.431 e. The van der Waals surface area contributed by atoms with E-state index in [0.29, 0.717) is 13.2 Å². The minimum Gasteiger partial charge on any atom is -0.431 e. The van der Waals surface area contributed by atoms with Crippen LogP contribution >= 0.6 is 37.2 Å². The lowest BCUT2D eigenvalue weighted by Crippen LogP contribution is -1.88. The number of carbonyl (C=O) groups excluding carboxylic acids is 1. The van der Waals surface area contributed by atoms with E-state index in [2.05, 4.69) is 46.7 Å². The molecule has 0 aromatic rings. The summed E-state index contributed by atoms with van der Waals surface area (Å²) in [6, 6.07) is 0. The van der Waals surface area contributed by atoms with Crippen molar-refractivity contribution in [3.05, 3.63) is 0 Å². The molecule has 0 spiro atoms. The minimum atomic E-state index is -0.546. The van der Waals surface area contributed by atoms with Crippen molar-refractivity contribution in [3.63, 3.8) is 0 Å². The fraction of sp³-hybridized carbons (Fsp3) is 0.667. The van der Waals surface area contributed by atoms with E-state index in [1.807, 2.05) is 0 Å². The number of hydrogen-bond acceptors (Lipinski definition) is 3. The highest BCUT2D eigenvalue weighted by molar-refractivity contribution is 15.0. The van der Waals surface area contributed by atoms with Crippen LogP contribution in [0.25, 0.3) is 0 Å². The van der Waals surface area contributed by atoms with E-state index in [1.54, 1.807) is 0 Å². The molecule has 0 saturated carbocycles. The zero-order valence-corrected chi connectivity index (χ0v) is 8.21. The monoisotopic (exact) mass is 342 g/mol. The van der Waals surface area contributed by atoms with Crippen LogP contribution in [0.3, 0.4) is 0 Å². The van der Waals surface area contributed by atoms with Crippen LogP contribution in [0.1, 0.15) is 0 Å². The molecule has 8 heavy (non-hydrogen) atoms. The summed E-state index contributed by atoms with van der Waals surface area (Å²) in [4.78, 5) is 9.80. The van der Waals surface area contributed by atoms with Crippen molar-refractivity contribution in [3.8, 4) is 0 Å². The van der Waals surface area contributed by atoms with E-state index >= 15 is 0 Å². The molecule has 1 heterocycles. The summed E-state index contributed by atoms with van der Waals surface area (Å²) < 4.78 is 8.58. The molecule has 1 aliphatic heterocycles. The van der Waals surface area contributed by atoms with Gasteiger partial charge in [0, 0.05) is 37.2 Å². The molecule has 0 unspecified atom stereocenters. The Balaban J connectivity index is 0.000000222. The van der Waals surface area contributed by atoms with Crippen molar-refractivity contribution in [2.45, 2.75) is 0 Å². The number of cyclic esters (lactones) is 2. The number of carbonyl (C=O) groups is 1. The second-order valence-corrected chi connectivity index (χ2v) is 0.947. The van der Waals surface area contributed by atoms with Gasteiger partial charge in [0.25, 0.3) is 0 Å². The van der Waals surface area contributed by atoms with Gasteiger partial charge in [-0.25, -0.2) is 4.79 Å². The summed E-state index contributed by atoms with van der Waals surface area (Å²) in [6.07, 6.45) is -0.546. The van der Waals surface area contributed by atoms with Gasteiger partial charge in [-0.1, -0.05) is 0 Å². The van der Waals surface area contributed by atoms with Crippen LogP contribution in [0, 0.1) is 0 Å². The first kappa shape index (κ1) is 8.73. The van der Waals surface area contributed by atoms with E-state index in [4.69, 9.17) is 0 Å². The Labute approximate surface area is 70.4 Å². The highest BCUT2D eigenvalue weighted by atomic mass is 128. The van der Waals surface area contributed by atoms with E-state index in [9.17, 15) is 4.79 Å². The Morgan fingerprint density at radius 3 is 1.75 bits per heavy atom. The Morgan fingerprint density at radius 1 is 1.25 bits per heavy atom.